The van der Waals surface area contributed by atoms with E-state index in [4.69, 9.17) is 0 Å². The van der Waals surface area contributed by atoms with Gasteiger partial charge in [-0.05, 0) is 75.1 Å². The number of alkyl halides is 3. The van der Waals surface area contributed by atoms with Crippen molar-refractivity contribution in [1.29, 1.82) is 0 Å². The number of likely N-dealkylation sites (N-methyl/N-ethyl adjacent to an activating group) is 1. The first kappa shape index (κ1) is 32.2. The maximum absolute atomic E-state index is 15.0. The van der Waals surface area contributed by atoms with Crippen LogP contribution in [0.25, 0.3) is 11.3 Å². The molecule has 240 valence electrons. The largest absolute Gasteiger partial charge is 0.472 e. The Morgan fingerprint density at radius 2 is 1.63 bits per heavy atom. The smallest absolute Gasteiger partial charge is 0.353 e. The Morgan fingerprint density at radius 3 is 2.24 bits per heavy atom. The Hall–Kier alpha value is -5.18. The number of aromatic nitrogens is 2. The Morgan fingerprint density at radius 1 is 0.978 bits per heavy atom. The molecule has 2 N–H and O–H groups in total. The Labute approximate surface area is 259 Å². The minimum atomic E-state index is -5.25. The second kappa shape index (κ2) is 12.7. The summed E-state index contributed by atoms with van der Waals surface area (Å²) in [7, 11) is 3.69. The molecule has 2 heterocycles. The van der Waals surface area contributed by atoms with Crippen LogP contribution in [-0.2, 0) is 11.3 Å². The molecule has 1 aromatic heterocycles. The Balaban J connectivity index is 1.67. The number of amides is 3. The fraction of sp³-hybridized carbons (Fsp3) is 0.226. The number of benzene rings is 3. The molecule has 0 spiro atoms. The van der Waals surface area contributed by atoms with Crippen LogP contribution in [0.5, 0.6) is 0 Å². The molecule has 1 aliphatic heterocycles. The van der Waals surface area contributed by atoms with Gasteiger partial charge in [0, 0.05) is 35.6 Å². The number of carbonyl (C=O) groups excluding carboxylic acids is 2. The van der Waals surface area contributed by atoms with Crippen LogP contribution < -0.4 is 20.4 Å². The van der Waals surface area contributed by atoms with E-state index in [1.807, 2.05) is 19.0 Å². The summed E-state index contributed by atoms with van der Waals surface area (Å²) in [5.41, 5.74) is 0.204. The van der Waals surface area contributed by atoms with Crippen molar-refractivity contribution in [1.82, 2.24) is 20.2 Å². The molecule has 0 saturated heterocycles. The molecule has 0 radical (unpaired) electrons. The van der Waals surface area contributed by atoms with Crippen molar-refractivity contribution in [3.05, 3.63) is 89.2 Å². The molecule has 5 rings (SSSR count). The van der Waals surface area contributed by atoms with Gasteiger partial charge in [-0.3, -0.25) is 9.69 Å². The topological polar surface area (TPSA) is 93.7 Å². The third-order valence-electron chi connectivity index (χ3n) is 7.07. The van der Waals surface area contributed by atoms with Crippen LogP contribution in [-0.4, -0.2) is 60.2 Å². The maximum atomic E-state index is 15.0. The van der Waals surface area contributed by atoms with Crippen LogP contribution in [0.15, 0.2) is 60.7 Å². The molecule has 0 atom stereocenters. The lowest BCUT2D eigenvalue weighted by Crippen LogP contribution is -2.43. The summed E-state index contributed by atoms with van der Waals surface area (Å²) in [6, 6.07) is 10.3. The Kier molecular flexibility index (Phi) is 8.87. The highest BCUT2D eigenvalue weighted by molar-refractivity contribution is 6.04. The van der Waals surface area contributed by atoms with Crippen LogP contribution >= 0.6 is 0 Å². The van der Waals surface area contributed by atoms with E-state index in [9.17, 15) is 35.9 Å². The summed E-state index contributed by atoms with van der Waals surface area (Å²) in [5, 5.41) is 5.61. The van der Waals surface area contributed by atoms with Crippen LogP contribution in [0.1, 0.15) is 11.1 Å². The molecule has 15 heteroatoms. The summed E-state index contributed by atoms with van der Waals surface area (Å²) in [4.78, 5) is 37.7. The number of halogens is 6. The van der Waals surface area contributed by atoms with Gasteiger partial charge in [0.2, 0.25) is 5.95 Å². The molecule has 0 saturated carbocycles. The number of aryl methyl sites for hydroxylation is 1. The van der Waals surface area contributed by atoms with Crippen molar-refractivity contribution < 1.29 is 35.9 Å². The highest BCUT2D eigenvalue weighted by Gasteiger charge is 2.44. The van der Waals surface area contributed by atoms with E-state index in [1.165, 1.54) is 18.2 Å². The zero-order valence-corrected chi connectivity index (χ0v) is 24.7. The fourth-order valence-corrected chi connectivity index (χ4v) is 4.92. The van der Waals surface area contributed by atoms with Crippen molar-refractivity contribution >= 4 is 40.8 Å². The van der Waals surface area contributed by atoms with E-state index in [-0.39, 0.29) is 40.9 Å². The average molecular weight is 644 g/mol. The second-order valence-corrected chi connectivity index (χ2v) is 10.6. The van der Waals surface area contributed by atoms with Gasteiger partial charge in [0.1, 0.15) is 23.1 Å². The number of urea groups is 1. The van der Waals surface area contributed by atoms with E-state index in [1.54, 1.807) is 6.92 Å². The number of hydrogen-bond donors (Lipinski definition) is 2. The number of para-hydroxylation sites is 1. The summed E-state index contributed by atoms with van der Waals surface area (Å²) in [5.74, 6) is -5.00. The first-order chi connectivity index (χ1) is 21.8. The van der Waals surface area contributed by atoms with E-state index in [0.717, 1.165) is 47.4 Å². The summed E-state index contributed by atoms with van der Waals surface area (Å²) < 4.78 is 84.5. The minimum absolute atomic E-state index is 0.0238. The zero-order valence-electron chi connectivity index (χ0n) is 24.7. The number of carbonyl (C=O) groups is 2. The lowest BCUT2D eigenvalue weighted by Gasteiger charge is -2.31. The molecule has 0 unspecified atom stereocenters. The van der Waals surface area contributed by atoms with Gasteiger partial charge in [0.15, 0.2) is 5.82 Å². The predicted molar refractivity (Wildman–Crippen MR) is 160 cm³/mol. The van der Waals surface area contributed by atoms with E-state index in [0.29, 0.717) is 29.1 Å². The molecule has 3 aromatic carbocycles. The third-order valence-corrected chi connectivity index (χ3v) is 7.07. The van der Waals surface area contributed by atoms with Gasteiger partial charge in [-0.2, -0.15) is 18.2 Å². The molecule has 1 aliphatic rings. The number of nitrogens with one attached hydrogen (secondary N) is 2. The number of fused-ring (bicyclic) bond motifs is 1. The van der Waals surface area contributed by atoms with E-state index < -0.39 is 41.3 Å². The molecular weight excluding hydrogens is 616 g/mol. The van der Waals surface area contributed by atoms with Crippen molar-refractivity contribution in [2.24, 2.45) is 0 Å². The van der Waals surface area contributed by atoms with Gasteiger partial charge in [-0.15, -0.1) is 0 Å². The van der Waals surface area contributed by atoms with Gasteiger partial charge >= 0.3 is 18.1 Å². The molecular formula is C31H27F6N7O2. The molecule has 0 bridgehead atoms. The SMILES string of the molecule is Cc1cc(N(C(=O)C(F)(F)F)c2ccc(F)cc2)ccc1-c1nc(NCCN(C)C)nc2c1CNC(=O)N2c1c(F)cccc1F. The van der Waals surface area contributed by atoms with E-state index >= 15 is 0 Å². The average Bonchev–Trinajstić information content (AvgIpc) is 2.98. The van der Waals surface area contributed by atoms with Gasteiger partial charge in [-0.1, -0.05) is 12.1 Å². The van der Waals surface area contributed by atoms with Crippen LogP contribution in [0, 0.1) is 24.4 Å². The van der Waals surface area contributed by atoms with Crippen molar-refractivity contribution in [2.75, 3.05) is 42.3 Å². The zero-order chi connectivity index (χ0) is 33.3. The first-order valence-corrected chi connectivity index (χ1v) is 13.9. The monoisotopic (exact) mass is 643 g/mol. The number of rotatable bonds is 8. The number of hydrogen-bond acceptors (Lipinski definition) is 6. The summed E-state index contributed by atoms with van der Waals surface area (Å²) in [6.07, 6.45) is -5.25. The highest BCUT2D eigenvalue weighted by atomic mass is 19.4. The normalized spacial score (nSPS) is 13.0. The molecule has 0 fully saturated rings. The molecule has 46 heavy (non-hydrogen) atoms. The quantitative estimate of drug-likeness (QED) is 0.215. The lowest BCUT2D eigenvalue weighted by atomic mass is 9.99. The highest BCUT2D eigenvalue weighted by Crippen LogP contribution is 2.40. The fourth-order valence-electron chi connectivity index (χ4n) is 4.92. The van der Waals surface area contributed by atoms with Crippen LogP contribution in [0.4, 0.5) is 60.0 Å². The van der Waals surface area contributed by atoms with Gasteiger partial charge in [0.05, 0.1) is 12.2 Å². The van der Waals surface area contributed by atoms with Crippen molar-refractivity contribution in [2.45, 2.75) is 19.6 Å². The maximum Gasteiger partial charge on any atom is 0.472 e. The number of nitrogens with zero attached hydrogens (tertiary/aromatic N) is 5. The first-order valence-electron chi connectivity index (χ1n) is 13.9. The number of anilines is 5. The summed E-state index contributed by atoms with van der Waals surface area (Å²) in [6.45, 7) is 2.35. The van der Waals surface area contributed by atoms with Crippen LogP contribution in [0.3, 0.4) is 0 Å². The molecule has 0 aliphatic carbocycles. The van der Waals surface area contributed by atoms with E-state index in [2.05, 4.69) is 20.6 Å². The molecule has 3 amide bonds. The summed E-state index contributed by atoms with van der Waals surface area (Å²) >= 11 is 0. The van der Waals surface area contributed by atoms with Gasteiger partial charge in [-0.25, -0.2) is 27.8 Å². The van der Waals surface area contributed by atoms with Gasteiger partial charge < -0.3 is 15.5 Å². The molecule has 4 aromatic rings. The second-order valence-electron chi connectivity index (χ2n) is 10.6. The van der Waals surface area contributed by atoms with Crippen molar-refractivity contribution in [3.8, 4) is 11.3 Å². The van der Waals surface area contributed by atoms with Crippen molar-refractivity contribution in [3.63, 3.8) is 0 Å². The molecule has 9 nitrogen and oxygen atoms in total. The van der Waals surface area contributed by atoms with Gasteiger partial charge in [0.25, 0.3) is 0 Å². The van der Waals surface area contributed by atoms with Crippen LogP contribution in [0.2, 0.25) is 0 Å². The lowest BCUT2D eigenvalue weighted by molar-refractivity contribution is -0.169. The standard InChI is InChI=1S/C31H27F6N7O2/c1-17-15-20(43(28(45)31(35,36)37)19-9-7-18(32)8-10-19)11-12-21(17)25-22-16-39-30(46)44(26-23(33)5-4-6-24(26)34)27(22)41-29(40-25)38-13-14-42(2)3/h4-12,15H,13-14,16H2,1-3H3,(H,39,46)(H,38,40,41). The minimum Gasteiger partial charge on any atom is -0.353 e. The predicted octanol–water partition coefficient (Wildman–Crippen LogP) is 6.43. The third kappa shape index (κ3) is 6.44. The Bertz CT molecular complexity index is 1780.